The number of hydrogen-bond donors (Lipinski definition) is 1. The van der Waals surface area contributed by atoms with E-state index >= 15 is 0 Å². The van der Waals surface area contributed by atoms with Crippen LogP contribution in [0, 0.1) is 11.7 Å². The molecule has 0 radical (unpaired) electrons. The summed E-state index contributed by atoms with van der Waals surface area (Å²) >= 11 is 0. The lowest BCUT2D eigenvalue weighted by Gasteiger charge is -2.27. The van der Waals surface area contributed by atoms with Crippen LogP contribution in [0.3, 0.4) is 0 Å². The summed E-state index contributed by atoms with van der Waals surface area (Å²) in [6.07, 6.45) is 0.948. The van der Waals surface area contributed by atoms with E-state index in [0.717, 1.165) is 25.2 Å². The fraction of sp³-hybridized carbons (Fsp3) is 0.533. The van der Waals surface area contributed by atoms with Crippen molar-refractivity contribution in [2.24, 2.45) is 5.92 Å². The average molecular weight is 281 g/mol. The van der Waals surface area contributed by atoms with Crippen molar-refractivity contribution in [3.8, 4) is 0 Å². The highest BCUT2D eigenvalue weighted by molar-refractivity contribution is 5.70. The van der Waals surface area contributed by atoms with E-state index < -0.39 is 11.9 Å². The van der Waals surface area contributed by atoms with Crippen molar-refractivity contribution in [2.75, 3.05) is 32.8 Å². The Balaban J connectivity index is 1.88. The summed E-state index contributed by atoms with van der Waals surface area (Å²) < 4.78 is 18.4. The standard InChI is InChI=1S/C15H20FNO3/c16-14-3-1-2-12(11-14)10-13(15(18)19)4-5-17-6-8-20-9-7-17/h1-3,11,13H,4-10H2,(H,18,19). The lowest BCUT2D eigenvalue weighted by atomic mass is 9.96. The van der Waals surface area contributed by atoms with Gasteiger partial charge in [0.25, 0.3) is 0 Å². The summed E-state index contributed by atoms with van der Waals surface area (Å²) in [4.78, 5) is 13.5. The van der Waals surface area contributed by atoms with Crippen molar-refractivity contribution in [3.05, 3.63) is 35.6 Å². The Labute approximate surface area is 118 Å². The van der Waals surface area contributed by atoms with E-state index in [9.17, 15) is 14.3 Å². The Kier molecular flexibility index (Phi) is 5.49. The molecular formula is C15H20FNO3. The van der Waals surface area contributed by atoms with Crippen LogP contribution in [0.15, 0.2) is 24.3 Å². The maximum atomic E-state index is 13.1. The molecule has 1 fully saturated rings. The number of carbonyl (C=O) groups is 1. The van der Waals surface area contributed by atoms with Crippen LogP contribution in [0.2, 0.25) is 0 Å². The molecule has 0 bridgehead atoms. The molecule has 0 saturated carbocycles. The summed E-state index contributed by atoms with van der Waals surface area (Å²) in [7, 11) is 0. The molecule has 1 saturated heterocycles. The number of benzene rings is 1. The van der Waals surface area contributed by atoms with Gasteiger partial charge in [0.15, 0.2) is 0 Å². The highest BCUT2D eigenvalue weighted by Gasteiger charge is 2.20. The van der Waals surface area contributed by atoms with Gasteiger partial charge in [0.05, 0.1) is 19.1 Å². The van der Waals surface area contributed by atoms with Crippen molar-refractivity contribution in [3.63, 3.8) is 0 Å². The molecule has 0 aromatic heterocycles. The Hall–Kier alpha value is -1.46. The quantitative estimate of drug-likeness (QED) is 0.863. The van der Waals surface area contributed by atoms with Crippen LogP contribution < -0.4 is 0 Å². The van der Waals surface area contributed by atoms with Crippen LogP contribution in [0.5, 0.6) is 0 Å². The number of ether oxygens (including phenoxy) is 1. The minimum absolute atomic E-state index is 0.320. The third kappa shape index (κ3) is 4.58. The molecular weight excluding hydrogens is 261 g/mol. The van der Waals surface area contributed by atoms with Gasteiger partial charge in [-0.15, -0.1) is 0 Å². The fourth-order valence-corrected chi connectivity index (χ4v) is 2.42. The number of carboxylic acids is 1. The molecule has 0 aliphatic carbocycles. The lowest BCUT2D eigenvalue weighted by Crippen LogP contribution is -2.38. The normalized spacial score (nSPS) is 17.9. The molecule has 1 heterocycles. The van der Waals surface area contributed by atoms with Crippen LogP contribution in [0.25, 0.3) is 0 Å². The van der Waals surface area contributed by atoms with Crippen molar-refractivity contribution < 1.29 is 19.0 Å². The van der Waals surface area contributed by atoms with Gasteiger partial charge in [-0.1, -0.05) is 12.1 Å². The number of rotatable bonds is 6. The first-order valence-corrected chi connectivity index (χ1v) is 6.92. The summed E-state index contributed by atoms with van der Waals surface area (Å²) in [6.45, 7) is 3.87. The van der Waals surface area contributed by atoms with Gasteiger partial charge in [-0.05, 0) is 37.1 Å². The summed E-state index contributed by atoms with van der Waals surface area (Å²) in [5, 5.41) is 9.30. The number of hydrogen-bond acceptors (Lipinski definition) is 3. The summed E-state index contributed by atoms with van der Waals surface area (Å²) in [5.74, 6) is -1.61. The van der Waals surface area contributed by atoms with Crippen molar-refractivity contribution in [1.82, 2.24) is 4.90 Å². The average Bonchev–Trinajstić information content (AvgIpc) is 2.44. The lowest BCUT2D eigenvalue weighted by molar-refractivity contribution is -0.142. The molecule has 1 aliphatic rings. The van der Waals surface area contributed by atoms with E-state index in [-0.39, 0.29) is 5.82 Å². The molecule has 110 valence electrons. The van der Waals surface area contributed by atoms with Gasteiger partial charge in [0.1, 0.15) is 5.82 Å². The van der Waals surface area contributed by atoms with Gasteiger partial charge in [-0.2, -0.15) is 0 Å². The Morgan fingerprint density at radius 2 is 2.15 bits per heavy atom. The Morgan fingerprint density at radius 1 is 1.40 bits per heavy atom. The number of carboxylic acid groups (broad SMARTS) is 1. The maximum absolute atomic E-state index is 13.1. The topological polar surface area (TPSA) is 49.8 Å². The SMILES string of the molecule is O=C(O)C(CCN1CCOCC1)Cc1cccc(F)c1. The van der Waals surface area contributed by atoms with E-state index in [1.165, 1.54) is 12.1 Å². The van der Waals surface area contributed by atoms with Gasteiger partial charge in [-0.25, -0.2) is 4.39 Å². The van der Waals surface area contributed by atoms with Crippen LogP contribution in [-0.4, -0.2) is 48.8 Å². The van der Waals surface area contributed by atoms with Crippen LogP contribution in [0.4, 0.5) is 4.39 Å². The molecule has 1 unspecified atom stereocenters. The largest absolute Gasteiger partial charge is 0.481 e. The van der Waals surface area contributed by atoms with Gasteiger partial charge in [0, 0.05) is 13.1 Å². The fourth-order valence-electron chi connectivity index (χ4n) is 2.42. The minimum atomic E-state index is -0.817. The number of morpholine rings is 1. The highest BCUT2D eigenvalue weighted by Crippen LogP contribution is 2.15. The zero-order chi connectivity index (χ0) is 14.4. The van der Waals surface area contributed by atoms with E-state index in [4.69, 9.17) is 4.74 Å². The molecule has 0 spiro atoms. The van der Waals surface area contributed by atoms with Crippen LogP contribution in [0.1, 0.15) is 12.0 Å². The molecule has 20 heavy (non-hydrogen) atoms. The molecule has 4 nitrogen and oxygen atoms in total. The molecule has 1 aromatic carbocycles. The first-order chi connectivity index (χ1) is 9.65. The highest BCUT2D eigenvalue weighted by atomic mass is 19.1. The predicted octanol–water partition coefficient (Wildman–Crippen LogP) is 1.79. The van der Waals surface area contributed by atoms with Crippen LogP contribution >= 0.6 is 0 Å². The Morgan fingerprint density at radius 3 is 2.80 bits per heavy atom. The second kappa shape index (κ2) is 7.36. The number of nitrogens with zero attached hydrogens (tertiary/aromatic N) is 1. The van der Waals surface area contributed by atoms with Crippen molar-refractivity contribution in [2.45, 2.75) is 12.8 Å². The first kappa shape index (κ1) is 14.9. The molecule has 1 N–H and O–H groups in total. The smallest absolute Gasteiger partial charge is 0.306 e. The monoisotopic (exact) mass is 281 g/mol. The van der Waals surface area contributed by atoms with E-state index in [1.807, 2.05) is 0 Å². The van der Waals surface area contributed by atoms with Gasteiger partial charge in [0.2, 0.25) is 0 Å². The number of halogens is 1. The molecule has 1 atom stereocenters. The van der Waals surface area contributed by atoms with Crippen molar-refractivity contribution in [1.29, 1.82) is 0 Å². The Bertz CT molecular complexity index is 446. The van der Waals surface area contributed by atoms with E-state index in [2.05, 4.69) is 4.90 Å². The van der Waals surface area contributed by atoms with Crippen molar-refractivity contribution >= 4 is 5.97 Å². The molecule has 1 aromatic rings. The summed E-state index contributed by atoms with van der Waals surface area (Å²) in [5.41, 5.74) is 0.736. The summed E-state index contributed by atoms with van der Waals surface area (Å²) in [6, 6.07) is 6.16. The van der Waals surface area contributed by atoms with Gasteiger partial charge < -0.3 is 9.84 Å². The predicted molar refractivity (Wildman–Crippen MR) is 73.1 cm³/mol. The molecule has 0 amide bonds. The van der Waals surface area contributed by atoms with E-state index in [0.29, 0.717) is 26.1 Å². The van der Waals surface area contributed by atoms with E-state index in [1.54, 1.807) is 12.1 Å². The third-order valence-electron chi connectivity index (χ3n) is 3.62. The third-order valence-corrected chi connectivity index (χ3v) is 3.62. The van der Waals surface area contributed by atoms with Gasteiger partial charge >= 0.3 is 5.97 Å². The second-order valence-corrected chi connectivity index (χ2v) is 5.11. The zero-order valence-electron chi connectivity index (χ0n) is 11.4. The number of aliphatic carboxylic acids is 1. The second-order valence-electron chi connectivity index (χ2n) is 5.11. The maximum Gasteiger partial charge on any atom is 0.306 e. The first-order valence-electron chi connectivity index (χ1n) is 6.92. The zero-order valence-corrected chi connectivity index (χ0v) is 11.4. The molecule has 1 aliphatic heterocycles. The minimum Gasteiger partial charge on any atom is -0.481 e. The molecule has 5 heteroatoms. The van der Waals surface area contributed by atoms with Gasteiger partial charge in [-0.3, -0.25) is 9.69 Å². The van der Waals surface area contributed by atoms with Crippen LogP contribution in [-0.2, 0) is 16.0 Å². The molecule has 2 rings (SSSR count).